The molecule has 188 valence electrons. The van der Waals surface area contributed by atoms with Gasteiger partial charge in [0.25, 0.3) is 0 Å². The van der Waals surface area contributed by atoms with Crippen LogP contribution in [0.1, 0.15) is 84.5 Å². The van der Waals surface area contributed by atoms with Crippen LogP contribution in [-0.2, 0) is 28.6 Å². The van der Waals surface area contributed by atoms with Crippen LogP contribution in [0.25, 0.3) is 0 Å². The molecule has 0 aromatic carbocycles. The quantitative estimate of drug-likeness (QED) is 0.157. The molecule has 0 aliphatic carbocycles. The van der Waals surface area contributed by atoms with Crippen molar-refractivity contribution >= 4 is 17.9 Å². The molecule has 0 N–H and O–H groups in total. The van der Waals surface area contributed by atoms with E-state index in [1.165, 1.54) is 0 Å². The maximum Gasteiger partial charge on any atom is 0.306 e. The molecule has 0 amide bonds. The van der Waals surface area contributed by atoms with Crippen molar-refractivity contribution in [1.82, 2.24) is 0 Å². The number of carbonyl (C=O) groups is 3. The molecular formula is C24H45NO7. The molecule has 8 heteroatoms. The molecule has 0 fully saturated rings. The number of unbranched alkanes of at least 4 members (excludes halogenated alkanes) is 6. The lowest BCUT2D eigenvalue weighted by Gasteiger charge is -2.34. The molecule has 0 saturated carbocycles. The number of carboxylic acids is 1. The number of nitrogens with zero attached hydrogens (tertiary/aromatic N) is 1. The van der Waals surface area contributed by atoms with E-state index in [2.05, 4.69) is 13.8 Å². The summed E-state index contributed by atoms with van der Waals surface area (Å²) in [6.45, 7) is 4.36. The average molecular weight is 460 g/mol. The van der Waals surface area contributed by atoms with Crippen molar-refractivity contribution in [2.24, 2.45) is 0 Å². The van der Waals surface area contributed by atoms with E-state index in [-0.39, 0.29) is 42.7 Å². The molecule has 0 aromatic rings. The van der Waals surface area contributed by atoms with Gasteiger partial charge >= 0.3 is 11.9 Å². The summed E-state index contributed by atoms with van der Waals surface area (Å²) in [5, 5.41) is 11.4. The summed E-state index contributed by atoms with van der Waals surface area (Å²) in [4.78, 5) is 35.5. The van der Waals surface area contributed by atoms with Crippen molar-refractivity contribution in [2.45, 2.75) is 96.6 Å². The smallest absolute Gasteiger partial charge is 0.306 e. The van der Waals surface area contributed by atoms with Gasteiger partial charge in [0, 0.05) is 19.3 Å². The van der Waals surface area contributed by atoms with Crippen molar-refractivity contribution in [3.05, 3.63) is 0 Å². The maximum absolute atomic E-state index is 12.2. The predicted molar refractivity (Wildman–Crippen MR) is 121 cm³/mol. The number of ether oxygens (including phenoxy) is 3. The molecular weight excluding hydrogens is 414 g/mol. The van der Waals surface area contributed by atoms with Gasteiger partial charge in [0.15, 0.2) is 6.10 Å². The first-order chi connectivity index (χ1) is 15.1. The van der Waals surface area contributed by atoms with Gasteiger partial charge in [0.1, 0.15) is 12.6 Å². The number of esters is 2. The summed E-state index contributed by atoms with van der Waals surface area (Å²) in [6.07, 6.45) is 8.03. The second-order valence-electron chi connectivity index (χ2n) is 9.23. The van der Waals surface area contributed by atoms with Gasteiger partial charge in [0.2, 0.25) is 0 Å². The van der Waals surface area contributed by atoms with Crippen LogP contribution in [0.3, 0.4) is 0 Å². The zero-order valence-corrected chi connectivity index (χ0v) is 20.9. The van der Waals surface area contributed by atoms with Gasteiger partial charge in [-0.1, -0.05) is 52.4 Å². The summed E-state index contributed by atoms with van der Waals surface area (Å²) < 4.78 is 16.6. The molecule has 0 saturated heterocycles. The first-order valence-corrected chi connectivity index (χ1v) is 12.1. The Morgan fingerprint density at radius 3 is 1.88 bits per heavy atom. The van der Waals surface area contributed by atoms with Crippen LogP contribution < -0.4 is 5.11 Å². The second kappa shape index (κ2) is 17.8. The standard InChI is InChI=1S/C24H45NO7/c1-6-8-10-12-14-22(26)31-19-20(32-23(27)15-13-11-9-7-2)18-30-17-16-21(24(28)29)25(3,4)5/h20-21H,6-19H2,1-5H3. The molecule has 0 heterocycles. The molecule has 2 atom stereocenters. The van der Waals surface area contributed by atoms with Gasteiger partial charge in [-0.25, -0.2) is 0 Å². The molecule has 0 aliphatic heterocycles. The summed E-state index contributed by atoms with van der Waals surface area (Å²) in [5.74, 6) is -1.78. The number of likely N-dealkylation sites (N-methyl/N-ethyl adjacent to an activating group) is 1. The fourth-order valence-corrected chi connectivity index (χ4v) is 3.24. The maximum atomic E-state index is 12.2. The molecule has 32 heavy (non-hydrogen) atoms. The Kier molecular flexibility index (Phi) is 16.9. The van der Waals surface area contributed by atoms with E-state index in [1.807, 2.05) is 0 Å². The first-order valence-electron chi connectivity index (χ1n) is 12.1. The third-order valence-electron chi connectivity index (χ3n) is 5.24. The molecule has 0 spiro atoms. The van der Waals surface area contributed by atoms with Crippen molar-refractivity contribution < 1.29 is 38.2 Å². The number of carboxylic acid groups (broad SMARTS) is 1. The van der Waals surface area contributed by atoms with Gasteiger partial charge in [-0.2, -0.15) is 0 Å². The Morgan fingerprint density at radius 2 is 1.38 bits per heavy atom. The largest absolute Gasteiger partial charge is 0.544 e. The highest BCUT2D eigenvalue weighted by Gasteiger charge is 2.25. The van der Waals surface area contributed by atoms with E-state index >= 15 is 0 Å². The zero-order chi connectivity index (χ0) is 24.4. The molecule has 0 radical (unpaired) electrons. The number of hydrogen-bond acceptors (Lipinski definition) is 7. The first kappa shape index (κ1) is 30.3. The summed E-state index contributed by atoms with van der Waals surface area (Å²) in [7, 11) is 5.34. The van der Waals surface area contributed by atoms with Crippen molar-refractivity contribution in [3.63, 3.8) is 0 Å². The van der Waals surface area contributed by atoms with E-state index in [0.717, 1.165) is 51.4 Å². The second-order valence-corrected chi connectivity index (χ2v) is 9.23. The number of quaternary nitrogens is 1. The topological polar surface area (TPSA) is 102 Å². The van der Waals surface area contributed by atoms with E-state index in [1.54, 1.807) is 21.1 Å². The highest BCUT2D eigenvalue weighted by molar-refractivity contribution is 5.70. The number of rotatable bonds is 20. The number of hydrogen-bond donors (Lipinski definition) is 0. The lowest BCUT2D eigenvalue weighted by atomic mass is 10.1. The lowest BCUT2D eigenvalue weighted by Crippen LogP contribution is -2.55. The van der Waals surface area contributed by atoms with Crippen molar-refractivity contribution in [1.29, 1.82) is 0 Å². The van der Waals surface area contributed by atoms with Gasteiger partial charge < -0.3 is 28.6 Å². The zero-order valence-electron chi connectivity index (χ0n) is 20.9. The van der Waals surface area contributed by atoms with Crippen LogP contribution >= 0.6 is 0 Å². The number of carbonyl (C=O) groups excluding carboxylic acids is 3. The third-order valence-corrected chi connectivity index (χ3v) is 5.24. The Balaban J connectivity index is 4.58. The van der Waals surface area contributed by atoms with Gasteiger partial charge in [-0.15, -0.1) is 0 Å². The Morgan fingerprint density at radius 1 is 0.812 bits per heavy atom. The predicted octanol–water partition coefficient (Wildman–Crippen LogP) is 2.61. The van der Waals surface area contributed by atoms with Crippen LogP contribution in [0, 0.1) is 0 Å². The Bertz CT molecular complexity index is 531. The summed E-state index contributed by atoms with van der Waals surface area (Å²) in [5.41, 5.74) is 0. The number of aliphatic carboxylic acids is 1. The molecule has 0 bridgehead atoms. The van der Waals surface area contributed by atoms with Gasteiger partial charge in [-0.05, 0) is 12.8 Å². The van der Waals surface area contributed by atoms with Crippen LogP contribution in [0.5, 0.6) is 0 Å². The normalized spacial score (nSPS) is 13.4. The van der Waals surface area contributed by atoms with Crippen LogP contribution in [0.2, 0.25) is 0 Å². The van der Waals surface area contributed by atoms with Crippen molar-refractivity contribution in [2.75, 3.05) is 41.0 Å². The van der Waals surface area contributed by atoms with Crippen LogP contribution in [0.4, 0.5) is 0 Å². The fraction of sp³-hybridized carbons (Fsp3) is 0.875. The Labute approximate surface area is 194 Å². The SMILES string of the molecule is CCCCCCC(=O)OCC(COCCC(C(=O)[O-])[N+](C)(C)C)OC(=O)CCCCCC. The highest BCUT2D eigenvalue weighted by Crippen LogP contribution is 2.10. The molecule has 2 unspecified atom stereocenters. The highest BCUT2D eigenvalue weighted by atomic mass is 16.6. The monoisotopic (exact) mass is 459 g/mol. The minimum Gasteiger partial charge on any atom is -0.544 e. The third kappa shape index (κ3) is 16.0. The molecule has 0 rings (SSSR count). The molecule has 0 aliphatic rings. The van der Waals surface area contributed by atoms with E-state index in [0.29, 0.717) is 12.8 Å². The van der Waals surface area contributed by atoms with Gasteiger partial charge in [0.05, 0.1) is 40.3 Å². The Hall–Kier alpha value is -1.67. The van der Waals surface area contributed by atoms with E-state index in [9.17, 15) is 19.5 Å². The average Bonchev–Trinajstić information content (AvgIpc) is 2.71. The van der Waals surface area contributed by atoms with E-state index < -0.39 is 18.1 Å². The van der Waals surface area contributed by atoms with Gasteiger partial charge in [-0.3, -0.25) is 9.59 Å². The minimum absolute atomic E-state index is 0.0424. The molecule has 0 aromatic heterocycles. The van der Waals surface area contributed by atoms with Crippen LogP contribution in [0.15, 0.2) is 0 Å². The fourth-order valence-electron chi connectivity index (χ4n) is 3.24. The molecule has 8 nitrogen and oxygen atoms in total. The van der Waals surface area contributed by atoms with E-state index in [4.69, 9.17) is 14.2 Å². The van der Waals surface area contributed by atoms with Crippen molar-refractivity contribution in [3.8, 4) is 0 Å². The minimum atomic E-state index is -1.13. The summed E-state index contributed by atoms with van der Waals surface area (Å²) >= 11 is 0. The van der Waals surface area contributed by atoms with Crippen LogP contribution in [-0.4, -0.2) is 75.5 Å². The lowest BCUT2D eigenvalue weighted by molar-refractivity contribution is -0.889. The summed E-state index contributed by atoms with van der Waals surface area (Å²) in [6, 6.07) is -0.712.